The zero-order valence-electron chi connectivity index (χ0n) is 12.3. The molecule has 0 aliphatic rings. The number of nitrogens with zero attached hydrogens (tertiary/aromatic N) is 1. The summed E-state index contributed by atoms with van der Waals surface area (Å²) in [6.45, 7) is 0. The highest BCUT2D eigenvalue weighted by molar-refractivity contribution is 5.84. The lowest BCUT2D eigenvalue weighted by atomic mass is 10.1. The molecule has 0 N–H and O–H groups in total. The molecule has 0 saturated heterocycles. The van der Waals surface area contributed by atoms with E-state index < -0.39 is 0 Å². The summed E-state index contributed by atoms with van der Waals surface area (Å²) >= 11 is 0. The van der Waals surface area contributed by atoms with Gasteiger partial charge in [-0.3, -0.25) is 0 Å². The molecule has 21 heavy (non-hydrogen) atoms. The Bertz CT molecular complexity index is 788. The van der Waals surface area contributed by atoms with Gasteiger partial charge in [-0.25, -0.2) is 4.57 Å². The van der Waals surface area contributed by atoms with E-state index in [9.17, 15) is 0 Å². The standard InChI is InChI=1S/C19H18NO/c1-20-12-11-17-13-16(5-8-18(17)14-20)4-3-15-6-9-19(21-2)10-7-15/h3-14H,1-2H3/q+1/b4-3+. The fourth-order valence-electron chi connectivity index (χ4n) is 2.33. The van der Waals surface area contributed by atoms with Crippen molar-refractivity contribution >= 4 is 22.9 Å². The first-order chi connectivity index (χ1) is 10.2. The van der Waals surface area contributed by atoms with Crippen molar-refractivity contribution in [2.24, 2.45) is 7.05 Å². The predicted molar refractivity (Wildman–Crippen MR) is 87.0 cm³/mol. The van der Waals surface area contributed by atoms with Crippen LogP contribution in [0.2, 0.25) is 0 Å². The van der Waals surface area contributed by atoms with E-state index in [0.29, 0.717) is 0 Å². The van der Waals surface area contributed by atoms with Crippen molar-refractivity contribution in [2.45, 2.75) is 0 Å². The Morgan fingerprint density at radius 3 is 2.33 bits per heavy atom. The van der Waals surface area contributed by atoms with Gasteiger partial charge in [-0.2, -0.15) is 0 Å². The lowest BCUT2D eigenvalue weighted by Crippen LogP contribution is -2.25. The Labute approximate surface area is 124 Å². The predicted octanol–water partition coefficient (Wildman–Crippen LogP) is 3.84. The molecule has 1 heterocycles. The molecule has 2 nitrogen and oxygen atoms in total. The summed E-state index contributed by atoms with van der Waals surface area (Å²) in [5, 5.41) is 2.51. The number of ether oxygens (including phenoxy) is 1. The minimum Gasteiger partial charge on any atom is -0.497 e. The molecular formula is C19H18NO+. The number of methoxy groups -OCH3 is 1. The number of hydrogen-bond donors (Lipinski definition) is 0. The van der Waals surface area contributed by atoms with E-state index >= 15 is 0 Å². The molecule has 0 fully saturated rings. The van der Waals surface area contributed by atoms with Gasteiger partial charge in [0, 0.05) is 11.5 Å². The van der Waals surface area contributed by atoms with Gasteiger partial charge >= 0.3 is 0 Å². The Balaban J connectivity index is 1.86. The van der Waals surface area contributed by atoms with Crippen LogP contribution in [0.15, 0.2) is 60.9 Å². The second-order valence-electron chi connectivity index (χ2n) is 5.11. The minimum absolute atomic E-state index is 0.880. The molecule has 0 unspecified atom stereocenters. The molecule has 0 atom stereocenters. The first kappa shape index (κ1) is 13.4. The van der Waals surface area contributed by atoms with Crippen molar-refractivity contribution in [3.05, 3.63) is 72.1 Å². The second-order valence-corrected chi connectivity index (χ2v) is 5.11. The third kappa shape index (κ3) is 3.11. The van der Waals surface area contributed by atoms with Gasteiger partial charge in [0.1, 0.15) is 12.8 Å². The van der Waals surface area contributed by atoms with Crippen LogP contribution in [0.5, 0.6) is 5.75 Å². The third-order valence-corrected chi connectivity index (χ3v) is 3.53. The number of fused-ring (bicyclic) bond motifs is 1. The summed E-state index contributed by atoms with van der Waals surface area (Å²) in [7, 11) is 3.72. The van der Waals surface area contributed by atoms with Crippen LogP contribution in [0.25, 0.3) is 22.9 Å². The van der Waals surface area contributed by atoms with Crippen LogP contribution in [-0.2, 0) is 7.05 Å². The molecule has 0 saturated carbocycles. The normalized spacial score (nSPS) is 11.1. The fourth-order valence-corrected chi connectivity index (χ4v) is 2.33. The maximum absolute atomic E-state index is 5.16. The van der Waals surface area contributed by atoms with Gasteiger partial charge in [0.05, 0.1) is 7.11 Å². The van der Waals surface area contributed by atoms with Gasteiger partial charge in [-0.05, 0) is 40.8 Å². The highest BCUT2D eigenvalue weighted by Crippen LogP contribution is 2.17. The van der Waals surface area contributed by atoms with Gasteiger partial charge in [-0.15, -0.1) is 0 Å². The fraction of sp³-hybridized carbons (Fsp3) is 0.105. The number of aryl methyl sites for hydroxylation is 1. The van der Waals surface area contributed by atoms with E-state index in [1.54, 1.807) is 7.11 Å². The highest BCUT2D eigenvalue weighted by atomic mass is 16.5. The Morgan fingerprint density at radius 2 is 1.57 bits per heavy atom. The third-order valence-electron chi connectivity index (χ3n) is 3.53. The first-order valence-corrected chi connectivity index (χ1v) is 6.96. The van der Waals surface area contributed by atoms with Crippen LogP contribution in [0.1, 0.15) is 11.1 Å². The summed E-state index contributed by atoms with van der Waals surface area (Å²) in [6.07, 6.45) is 8.45. The molecule has 0 radical (unpaired) electrons. The monoisotopic (exact) mass is 276 g/mol. The molecule has 0 aliphatic carbocycles. The molecular weight excluding hydrogens is 258 g/mol. The summed E-state index contributed by atoms with van der Waals surface area (Å²) in [5.74, 6) is 0.880. The van der Waals surface area contributed by atoms with Gasteiger partial charge in [-0.1, -0.05) is 30.4 Å². The van der Waals surface area contributed by atoms with E-state index in [4.69, 9.17) is 4.74 Å². The topological polar surface area (TPSA) is 13.1 Å². The van der Waals surface area contributed by atoms with E-state index in [1.807, 2.05) is 19.2 Å². The van der Waals surface area contributed by atoms with Crippen LogP contribution in [0.3, 0.4) is 0 Å². The van der Waals surface area contributed by atoms with Gasteiger partial charge in [0.2, 0.25) is 0 Å². The zero-order chi connectivity index (χ0) is 14.7. The smallest absolute Gasteiger partial charge is 0.176 e. The minimum atomic E-state index is 0.880. The van der Waals surface area contributed by atoms with Crippen molar-refractivity contribution in [3.63, 3.8) is 0 Å². The number of hydrogen-bond acceptors (Lipinski definition) is 1. The Morgan fingerprint density at radius 1 is 0.857 bits per heavy atom. The van der Waals surface area contributed by atoms with Crippen LogP contribution < -0.4 is 9.30 Å². The Hall–Kier alpha value is -2.61. The number of benzene rings is 2. The molecule has 0 amide bonds. The maximum atomic E-state index is 5.16. The van der Waals surface area contributed by atoms with Crippen LogP contribution >= 0.6 is 0 Å². The second kappa shape index (κ2) is 5.80. The summed E-state index contributed by atoms with van der Waals surface area (Å²) in [5.41, 5.74) is 2.36. The van der Waals surface area contributed by atoms with Crippen molar-refractivity contribution in [1.82, 2.24) is 0 Å². The van der Waals surface area contributed by atoms with E-state index in [-0.39, 0.29) is 0 Å². The van der Waals surface area contributed by atoms with Crippen molar-refractivity contribution in [1.29, 1.82) is 0 Å². The molecule has 104 valence electrons. The molecule has 3 aromatic rings. The van der Waals surface area contributed by atoms with Gasteiger partial charge in [0.25, 0.3) is 0 Å². The number of rotatable bonds is 3. The summed E-state index contributed by atoms with van der Waals surface area (Å²) < 4.78 is 7.23. The van der Waals surface area contributed by atoms with Crippen molar-refractivity contribution in [3.8, 4) is 5.75 Å². The van der Waals surface area contributed by atoms with Crippen molar-refractivity contribution < 1.29 is 9.30 Å². The highest BCUT2D eigenvalue weighted by Gasteiger charge is 1.99. The zero-order valence-corrected chi connectivity index (χ0v) is 12.3. The molecule has 0 aliphatic heterocycles. The average molecular weight is 276 g/mol. The van der Waals surface area contributed by atoms with E-state index in [1.165, 1.54) is 16.3 Å². The number of aromatic nitrogens is 1. The maximum Gasteiger partial charge on any atom is 0.176 e. The quantitative estimate of drug-likeness (QED) is 0.523. The lowest BCUT2D eigenvalue weighted by molar-refractivity contribution is -0.670. The number of pyridine rings is 1. The van der Waals surface area contributed by atoms with E-state index in [0.717, 1.165) is 11.3 Å². The molecule has 0 bridgehead atoms. The van der Waals surface area contributed by atoms with Crippen LogP contribution in [-0.4, -0.2) is 7.11 Å². The molecule has 1 aromatic heterocycles. The van der Waals surface area contributed by atoms with Crippen molar-refractivity contribution in [2.75, 3.05) is 7.11 Å². The van der Waals surface area contributed by atoms with Crippen LogP contribution in [0.4, 0.5) is 0 Å². The summed E-state index contributed by atoms with van der Waals surface area (Å²) in [6, 6.07) is 16.7. The van der Waals surface area contributed by atoms with E-state index in [2.05, 4.69) is 65.5 Å². The largest absolute Gasteiger partial charge is 0.497 e. The SMILES string of the molecule is COc1ccc(/C=C/c2ccc3c[n+](C)ccc3c2)cc1. The molecule has 2 heteroatoms. The van der Waals surface area contributed by atoms with Crippen LogP contribution in [0, 0.1) is 0 Å². The lowest BCUT2D eigenvalue weighted by Gasteiger charge is -2.00. The first-order valence-electron chi connectivity index (χ1n) is 6.96. The van der Waals surface area contributed by atoms with Gasteiger partial charge < -0.3 is 4.74 Å². The van der Waals surface area contributed by atoms with Gasteiger partial charge in [0.15, 0.2) is 12.4 Å². The average Bonchev–Trinajstić information content (AvgIpc) is 2.53. The summed E-state index contributed by atoms with van der Waals surface area (Å²) in [4.78, 5) is 0. The molecule has 0 spiro atoms. The molecule has 2 aromatic carbocycles. The Kier molecular flexibility index (Phi) is 3.69. The molecule has 3 rings (SSSR count).